The highest BCUT2D eigenvalue weighted by Crippen LogP contribution is 2.22. The number of rotatable bonds is 2. The fourth-order valence-corrected chi connectivity index (χ4v) is 0.620. The average Bonchev–Trinajstić information content (AvgIpc) is 2.30. The predicted octanol–water partition coefficient (Wildman–Crippen LogP) is 1.37. The molecule has 0 atom stereocenters. The van der Waals surface area contributed by atoms with Crippen LogP contribution in [0.4, 0.5) is 8.78 Å². The van der Waals surface area contributed by atoms with Crippen LogP contribution in [0.5, 0.6) is 0 Å². The van der Waals surface area contributed by atoms with Crippen molar-refractivity contribution in [3.05, 3.63) is 5.82 Å². The van der Waals surface area contributed by atoms with Crippen LogP contribution >= 0.6 is 0 Å². The molecular weight excluding hydrogens is 166 g/mol. The lowest BCUT2D eigenvalue weighted by Gasteiger charge is -2.03. The minimum absolute atomic E-state index is 0.0476. The van der Waals surface area contributed by atoms with Crippen LogP contribution in [0, 0.1) is 0 Å². The van der Waals surface area contributed by atoms with Gasteiger partial charge in [0.25, 0.3) is 0 Å². The van der Waals surface area contributed by atoms with Crippen molar-refractivity contribution < 1.29 is 8.78 Å². The van der Waals surface area contributed by atoms with E-state index < -0.39 is 11.7 Å². The zero-order valence-corrected chi connectivity index (χ0v) is 7.12. The van der Waals surface area contributed by atoms with Crippen LogP contribution in [0.2, 0.25) is 0 Å². The van der Waals surface area contributed by atoms with Crippen molar-refractivity contribution in [1.29, 1.82) is 0 Å². The molecule has 0 aliphatic carbocycles. The van der Waals surface area contributed by atoms with Gasteiger partial charge in [-0.2, -0.15) is 13.6 Å². The summed E-state index contributed by atoms with van der Waals surface area (Å²) in [6.45, 7) is 4.33. The van der Waals surface area contributed by atoms with Gasteiger partial charge in [-0.3, -0.25) is 0 Å². The lowest BCUT2D eigenvalue weighted by Crippen LogP contribution is -2.11. The smallest absolute Gasteiger partial charge is 0.198 e. The number of hydrogen-bond acceptors (Lipinski definition) is 3. The number of aromatic nitrogens is 4. The van der Waals surface area contributed by atoms with Gasteiger partial charge in [0.2, 0.25) is 5.82 Å². The van der Waals surface area contributed by atoms with Crippen LogP contribution in [-0.4, -0.2) is 20.2 Å². The standard InChI is InChI=1S/C6H10F2N4/c1-4(2)12-10-5(9-11-12)6(3,7)8/h4H,1-3H3. The minimum atomic E-state index is -3.01. The molecule has 1 rings (SSSR count). The molecule has 0 amide bonds. The molecule has 1 aromatic rings. The molecule has 0 aromatic carbocycles. The second-order valence-electron chi connectivity index (χ2n) is 2.92. The summed E-state index contributed by atoms with van der Waals surface area (Å²) in [6.07, 6.45) is 0. The molecule has 1 aromatic heterocycles. The molecule has 6 heteroatoms. The molecule has 12 heavy (non-hydrogen) atoms. The zero-order chi connectivity index (χ0) is 9.35. The van der Waals surface area contributed by atoms with Crippen LogP contribution in [0.3, 0.4) is 0 Å². The summed E-state index contributed by atoms with van der Waals surface area (Å²) in [5.74, 6) is -3.54. The molecule has 0 saturated heterocycles. The molecular formula is C6H10F2N4. The Morgan fingerprint density at radius 3 is 2.25 bits per heavy atom. The number of alkyl halides is 2. The van der Waals surface area contributed by atoms with E-state index in [0.717, 1.165) is 11.7 Å². The van der Waals surface area contributed by atoms with E-state index in [1.807, 2.05) is 0 Å². The second-order valence-corrected chi connectivity index (χ2v) is 2.92. The molecule has 0 unspecified atom stereocenters. The van der Waals surface area contributed by atoms with Crippen LogP contribution in [0.25, 0.3) is 0 Å². The van der Waals surface area contributed by atoms with Crippen molar-refractivity contribution in [2.45, 2.75) is 32.7 Å². The van der Waals surface area contributed by atoms with Gasteiger partial charge in [0.05, 0.1) is 6.04 Å². The maximum atomic E-state index is 12.6. The van der Waals surface area contributed by atoms with Gasteiger partial charge in [0.1, 0.15) is 0 Å². The van der Waals surface area contributed by atoms with Gasteiger partial charge in [-0.15, -0.1) is 10.2 Å². The number of halogens is 2. The summed E-state index contributed by atoms with van der Waals surface area (Å²) in [4.78, 5) is 1.16. The lowest BCUT2D eigenvalue weighted by atomic mass is 10.4. The Morgan fingerprint density at radius 2 is 2.00 bits per heavy atom. The SMILES string of the molecule is CC(C)n1nnc(C(C)(F)F)n1. The van der Waals surface area contributed by atoms with Gasteiger partial charge in [-0.1, -0.05) is 0 Å². The van der Waals surface area contributed by atoms with Gasteiger partial charge in [0, 0.05) is 6.92 Å². The van der Waals surface area contributed by atoms with E-state index in [9.17, 15) is 8.78 Å². The van der Waals surface area contributed by atoms with E-state index in [4.69, 9.17) is 0 Å². The third-order valence-electron chi connectivity index (χ3n) is 1.28. The number of hydrogen-bond donors (Lipinski definition) is 0. The summed E-state index contributed by atoms with van der Waals surface area (Å²) in [6, 6.07) is -0.0476. The third-order valence-corrected chi connectivity index (χ3v) is 1.28. The Balaban J connectivity index is 2.92. The molecule has 0 fully saturated rings. The quantitative estimate of drug-likeness (QED) is 0.683. The predicted molar refractivity (Wildman–Crippen MR) is 37.8 cm³/mol. The summed E-state index contributed by atoms with van der Waals surface area (Å²) >= 11 is 0. The second kappa shape index (κ2) is 2.76. The zero-order valence-electron chi connectivity index (χ0n) is 7.12. The highest BCUT2D eigenvalue weighted by molar-refractivity contribution is 4.87. The number of tetrazole rings is 1. The molecule has 0 spiro atoms. The first-order valence-electron chi connectivity index (χ1n) is 3.59. The first-order chi connectivity index (χ1) is 5.41. The first-order valence-corrected chi connectivity index (χ1v) is 3.59. The van der Waals surface area contributed by atoms with Crippen molar-refractivity contribution in [1.82, 2.24) is 20.2 Å². The normalized spacial score (nSPS) is 12.5. The van der Waals surface area contributed by atoms with Crippen molar-refractivity contribution in [2.24, 2.45) is 0 Å². The summed E-state index contributed by atoms with van der Waals surface area (Å²) < 4.78 is 25.1. The van der Waals surface area contributed by atoms with Gasteiger partial charge < -0.3 is 0 Å². The monoisotopic (exact) mass is 176 g/mol. The Morgan fingerprint density at radius 1 is 1.42 bits per heavy atom. The highest BCUT2D eigenvalue weighted by Gasteiger charge is 2.30. The van der Waals surface area contributed by atoms with Crippen molar-refractivity contribution in [3.8, 4) is 0 Å². The van der Waals surface area contributed by atoms with Crippen LogP contribution in [0.15, 0.2) is 0 Å². The van der Waals surface area contributed by atoms with Crippen LogP contribution in [-0.2, 0) is 5.92 Å². The Kier molecular flexibility index (Phi) is 2.08. The average molecular weight is 176 g/mol. The first kappa shape index (κ1) is 9.02. The van der Waals surface area contributed by atoms with Crippen LogP contribution in [0.1, 0.15) is 32.6 Å². The van der Waals surface area contributed by atoms with Crippen molar-refractivity contribution in [2.75, 3.05) is 0 Å². The van der Waals surface area contributed by atoms with E-state index in [1.54, 1.807) is 13.8 Å². The third kappa shape index (κ3) is 1.75. The summed E-state index contributed by atoms with van der Waals surface area (Å²) in [5, 5.41) is 10.2. The summed E-state index contributed by atoms with van der Waals surface area (Å²) in [7, 11) is 0. The Hall–Kier alpha value is -1.07. The van der Waals surface area contributed by atoms with Gasteiger partial charge in [0.15, 0.2) is 0 Å². The minimum Gasteiger partial charge on any atom is -0.198 e. The number of nitrogens with zero attached hydrogens (tertiary/aromatic N) is 4. The maximum Gasteiger partial charge on any atom is 0.307 e. The van der Waals surface area contributed by atoms with Gasteiger partial charge in [-0.25, -0.2) is 0 Å². The molecule has 4 nitrogen and oxygen atoms in total. The molecule has 0 saturated carbocycles. The molecule has 1 heterocycles. The van der Waals surface area contributed by atoms with Crippen LogP contribution < -0.4 is 0 Å². The Labute approximate surface area is 68.6 Å². The van der Waals surface area contributed by atoms with E-state index in [2.05, 4.69) is 15.4 Å². The highest BCUT2D eigenvalue weighted by atomic mass is 19.3. The van der Waals surface area contributed by atoms with E-state index in [0.29, 0.717) is 0 Å². The molecule has 0 radical (unpaired) electrons. The molecule has 0 bridgehead atoms. The lowest BCUT2D eigenvalue weighted by molar-refractivity contribution is 0.00729. The fraction of sp³-hybridized carbons (Fsp3) is 0.833. The molecule has 68 valence electrons. The van der Waals surface area contributed by atoms with E-state index in [1.165, 1.54) is 0 Å². The van der Waals surface area contributed by atoms with E-state index in [-0.39, 0.29) is 6.04 Å². The molecule has 0 aliphatic rings. The summed E-state index contributed by atoms with van der Waals surface area (Å²) in [5.41, 5.74) is 0. The molecule has 0 aliphatic heterocycles. The largest absolute Gasteiger partial charge is 0.307 e. The van der Waals surface area contributed by atoms with Gasteiger partial charge in [-0.05, 0) is 19.1 Å². The maximum absolute atomic E-state index is 12.6. The van der Waals surface area contributed by atoms with Gasteiger partial charge >= 0.3 is 5.92 Å². The fourth-order valence-electron chi connectivity index (χ4n) is 0.620. The topological polar surface area (TPSA) is 43.6 Å². The van der Waals surface area contributed by atoms with Crippen molar-refractivity contribution in [3.63, 3.8) is 0 Å². The Bertz CT molecular complexity index is 263. The van der Waals surface area contributed by atoms with Crippen molar-refractivity contribution >= 4 is 0 Å². The molecule has 0 N–H and O–H groups in total. The van der Waals surface area contributed by atoms with E-state index >= 15 is 0 Å².